The monoisotopic (exact) mass is 412 g/mol. The zero-order chi connectivity index (χ0) is 20.8. The molecule has 1 amide bonds. The molecule has 1 aromatic heterocycles. The molecule has 0 atom stereocenters. The number of hydrogen-bond acceptors (Lipinski definition) is 5. The van der Waals surface area contributed by atoms with E-state index in [9.17, 15) is 4.79 Å². The summed E-state index contributed by atoms with van der Waals surface area (Å²) in [5.41, 5.74) is 5.19. The summed E-state index contributed by atoms with van der Waals surface area (Å²) in [7, 11) is 3.15. The Bertz CT molecular complexity index is 1030. The molecule has 3 rings (SSSR count). The molecule has 0 bridgehead atoms. The second kappa shape index (κ2) is 9.25. The number of benzene rings is 2. The van der Waals surface area contributed by atoms with Crippen molar-refractivity contribution >= 4 is 23.2 Å². The molecule has 0 fully saturated rings. The normalized spacial score (nSPS) is 11.2. The average molecular weight is 413 g/mol. The predicted octanol–water partition coefficient (Wildman–Crippen LogP) is 3.76. The van der Waals surface area contributed by atoms with Crippen LogP contribution in [0, 0.1) is 0 Å². The Morgan fingerprint density at radius 2 is 1.90 bits per heavy atom. The number of ether oxygens (including phenoxy) is 2. The van der Waals surface area contributed by atoms with Crippen LogP contribution in [0.5, 0.6) is 11.5 Å². The van der Waals surface area contributed by atoms with Gasteiger partial charge in [-0.3, -0.25) is 9.48 Å². The summed E-state index contributed by atoms with van der Waals surface area (Å²) in [5, 5.41) is 9.14. The Morgan fingerprint density at radius 3 is 2.59 bits per heavy atom. The topological polar surface area (TPSA) is 77.7 Å². The lowest BCUT2D eigenvalue weighted by Crippen LogP contribution is -2.20. The predicted molar refractivity (Wildman–Crippen MR) is 112 cm³/mol. The maximum atomic E-state index is 12.4. The quantitative estimate of drug-likeness (QED) is 0.473. The second-order valence-electron chi connectivity index (χ2n) is 6.23. The fourth-order valence-corrected chi connectivity index (χ4v) is 2.82. The standard InChI is InChI=1S/C21H21ClN4O3/c1-14(18-9-8-17(28-2)12-20(18)29-3)23-24-21(27)19-10-11-26(25-19)13-15-4-6-16(22)7-5-15/h4-12H,13H2,1-3H3,(H,24,27)/b23-14-. The summed E-state index contributed by atoms with van der Waals surface area (Å²) in [6.45, 7) is 2.32. The summed E-state index contributed by atoms with van der Waals surface area (Å²) in [5.74, 6) is 0.882. The first-order valence-electron chi connectivity index (χ1n) is 8.85. The fraction of sp³-hybridized carbons (Fsp3) is 0.190. The fourth-order valence-electron chi connectivity index (χ4n) is 2.70. The van der Waals surface area contributed by atoms with Crippen molar-refractivity contribution in [3.05, 3.63) is 76.6 Å². The maximum Gasteiger partial charge on any atom is 0.291 e. The highest BCUT2D eigenvalue weighted by atomic mass is 35.5. The molecule has 0 aliphatic rings. The number of methoxy groups -OCH3 is 2. The third-order valence-electron chi connectivity index (χ3n) is 4.25. The lowest BCUT2D eigenvalue weighted by Gasteiger charge is -2.10. The summed E-state index contributed by atoms with van der Waals surface area (Å²) >= 11 is 5.90. The molecule has 0 aliphatic heterocycles. The average Bonchev–Trinajstić information content (AvgIpc) is 3.21. The largest absolute Gasteiger partial charge is 0.497 e. The van der Waals surface area contributed by atoms with Crippen LogP contribution in [0.2, 0.25) is 5.02 Å². The van der Waals surface area contributed by atoms with Crippen LogP contribution in [-0.2, 0) is 6.54 Å². The van der Waals surface area contributed by atoms with Crippen LogP contribution >= 0.6 is 11.6 Å². The van der Waals surface area contributed by atoms with Gasteiger partial charge in [-0.05, 0) is 42.8 Å². The van der Waals surface area contributed by atoms with Crippen LogP contribution in [0.3, 0.4) is 0 Å². The second-order valence-corrected chi connectivity index (χ2v) is 6.67. The van der Waals surface area contributed by atoms with Crippen molar-refractivity contribution in [3.8, 4) is 11.5 Å². The number of hydrogen-bond donors (Lipinski definition) is 1. The molecule has 0 radical (unpaired) electrons. The molecule has 0 spiro atoms. The lowest BCUT2D eigenvalue weighted by molar-refractivity contribution is 0.0949. The highest BCUT2D eigenvalue weighted by Gasteiger charge is 2.11. The van der Waals surface area contributed by atoms with Crippen molar-refractivity contribution in [3.63, 3.8) is 0 Å². The van der Waals surface area contributed by atoms with Crippen LogP contribution in [-0.4, -0.2) is 35.6 Å². The van der Waals surface area contributed by atoms with Crippen molar-refractivity contribution in [2.75, 3.05) is 14.2 Å². The van der Waals surface area contributed by atoms with Gasteiger partial charge in [0, 0.05) is 22.8 Å². The molecular formula is C21H21ClN4O3. The number of halogens is 1. The van der Waals surface area contributed by atoms with Gasteiger partial charge < -0.3 is 9.47 Å². The molecule has 29 heavy (non-hydrogen) atoms. The van der Waals surface area contributed by atoms with Gasteiger partial charge in [0.15, 0.2) is 5.69 Å². The van der Waals surface area contributed by atoms with E-state index in [4.69, 9.17) is 21.1 Å². The molecule has 150 valence electrons. The third kappa shape index (κ3) is 5.14. The van der Waals surface area contributed by atoms with E-state index in [0.29, 0.717) is 28.8 Å². The highest BCUT2D eigenvalue weighted by molar-refractivity contribution is 6.30. The van der Waals surface area contributed by atoms with Crippen molar-refractivity contribution in [2.24, 2.45) is 5.10 Å². The number of hydrazone groups is 1. The lowest BCUT2D eigenvalue weighted by atomic mass is 10.1. The van der Waals surface area contributed by atoms with Crippen LogP contribution in [0.25, 0.3) is 0 Å². The minimum absolute atomic E-state index is 0.275. The number of carbonyl (C=O) groups is 1. The van der Waals surface area contributed by atoms with Gasteiger partial charge in [-0.15, -0.1) is 0 Å². The molecule has 0 unspecified atom stereocenters. The van der Waals surface area contributed by atoms with Crippen LogP contribution in [0.15, 0.2) is 59.8 Å². The van der Waals surface area contributed by atoms with Gasteiger partial charge in [-0.2, -0.15) is 10.2 Å². The molecule has 8 heteroatoms. The molecule has 1 N–H and O–H groups in total. The third-order valence-corrected chi connectivity index (χ3v) is 4.51. The van der Waals surface area contributed by atoms with E-state index in [1.807, 2.05) is 30.3 Å². The summed E-state index contributed by atoms with van der Waals surface area (Å²) < 4.78 is 12.2. The molecule has 1 heterocycles. The summed E-state index contributed by atoms with van der Waals surface area (Å²) in [6, 6.07) is 14.5. The number of nitrogens with one attached hydrogen (secondary N) is 1. The van der Waals surface area contributed by atoms with Gasteiger partial charge in [-0.25, -0.2) is 5.43 Å². The number of carbonyl (C=O) groups excluding carboxylic acids is 1. The van der Waals surface area contributed by atoms with Gasteiger partial charge >= 0.3 is 0 Å². The van der Waals surface area contributed by atoms with Gasteiger partial charge in [0.05, 0.1) is 26.5 Å². The molecule has 7 nitrogen and oxygen atoms in total. The van der Waals surface area contributed by atoms with E-state index in [2.05, 4.69) is 15.6 Å². The Labute approximate surface area is 173 Å². The van der Waals surface area contributed by atoms with Gasteiger partial charge in [-0.1, -0.05) is 23.7 Å². The first kappa shape index (κ1) is 20.4. The minimum atomic E-state index is -0.397. The maximum absolute atomic E-state index is 12.4. The minimum Gasteiger partial charge on any atom is -0.497 e. The Hall–Kier alpha value is -3.32. The molecule has 0 aliphatic carbocycles. The van der Waals surface area contributed by atoms with Crippen LogP contribution in [0.4, 0.5) is 0 Å². The first-order valence-corrected chi connectivity index (χ1v) is 9.23. The molecule has 0 saturated heterocycles. The van der Waals surface area contributed by atoms with Crippen molar-refractivity contribution < 1.29 is 14.3 Å². The van der Waals surface area contributed by atoms with E-state index in [1.165, 1.54) is 0 Å². The first-order chi connectivity index (χ1) is 14.0. The van der Waals surface area contributed by atoms with Crippen molar-refractivity contribution in [1.82, 2.24) is 15.2 Å². The van der Waals surface area contributed by atoms with E-state index in [1.54, 1.807) is 50.2 Å². The van der Waals surface area contributed by atoms with Gasteiger partial charge in [0.2, 0.25) is 0 Å². The smallest absolute Gasteiger partial charge is 0.291 e. The van der Waals surface area contributed by atoms with Crippen molar-refractivity contribution in [1.29, 1.82) is 0 Å². The van der Waals surface area contributed by atoms with Gasteiger partial charge in [0.1, 0.15) is 11.5 Å². The van der Waals surface area contributed by atoms with E-state index in [-0.39, 0.29) is 5.69 Å². The number of amides is 1. The molecule has 3 aromatic rings. The zero-order valence-corrected chi connectivity index (χ0v) is 17.1. The van der Waals surface area contributed by atoms with Crippen molar-refractivity contribution in [2.45, 2.75) is 13.5 Å². The van der Waals surface area contributed by atoms with Gasteiger partial charge in [0.25, 0.3) is 5.91 Å². The number of nitrogens with zero attached hydrogens (tertiary/aromatic N) is 3. The van der Waals surface area contributed by atoms with Crippen LogP contribution < -0.4 is 14.9 Å². The Balaban J connectivity index is 1.67. The Kier molecular flexibility index (Phi) is 6.51. The SMILES string of the molecule is COc1ccc(/C(C)=N\NC(=O)c2ccn(Cc3ccc(Cl)cc3)n2)c(OC)c1. The zero-order valence-electron chi connectivity index (χ0n) is 16.3. The Morgan fingerprint density at radius 1 is 1.14 bits per heavy atom. The number of aromatic nitrogens is 2. The van der Waals surface area contributed by atoms with E-state index >= 15 is 0 Å². The summed E-state index contributed by atoms with van der Waals surface area (Å²) in [4.78, 5) is 12.4. The molecular weight excluding hydrogens is 392 g/mol. The van der Waals surface area contributed by atoms with Crippen LogP contribution in [0.1, 0.15) is 28.5 Å². The number of rotatable bonds is 7. The molecule has 0 saturated carbocycles. The molecule has 2 aromatic carbocycles. The van der Waals surface area contributed by atoms with E-state index in [0.717, 1.165) is 11.1 Å². The van der Waals surface area contributed by atoms with E-state index < -0.39 is 5.91 Å². The summed E-state index contributed by atoms with van der Waals surface area (Å²) in [6.07, 6.45) is 1.74. The highest BCUT2D eigenvalue weighted by Crippen LogP contribution is 2.25.